The van der Waals surface area contributed by atoms with E-state index in [0.29, 0.717) is 10.0 Å². The van der Waals surface area contributed by atoms with Crippen LogP contribution in [0.3, 0.4) is 0 Å². The van der Waals surface area contributed by atoms with E-state index in [2.05, 4.69) is 22.4 Å². The summed E-state index contributed by atoms with van der Waals surface area (Å²) in [5.74, 6) is 0. The van der Waals surface area contributed by atoms with Crippen LogP contribution in [0.1, 0.15) is 16.7 Å². The molecule has 0 aliphatic rings. The lowest BCUT2D eigenvalue weighted by Gasteiger charge is -2.36. The highest BCUT2D eigenvalue weighted by molar-refractivity contribution is 6.30. The summed E-state index contributed by atoms with van der Waals surface area (Å²) in [7, 11) is 0. The molecule has 0 aliphatic carbocycles. The van der Waals surface area contributed by atoms with E-state index in [4.69, 9.17) is 23.2 Å². The summed E-state index contributed by atoms with van der Waals surface area (Å²) >= 11 is 12.5. The Morgan fingerprint density at radius 3 is 1.67 bits per heavy atom. The van der Waals surface area contributed by atoms with Crippen molar-refractivity contribution in [2.45, 2.75) is 5.54 Å². The molecule has 0 aliphatic heterocycles. The van der Waals surface area contributed by atoms with Gasteiger partial charge < -0.3 is 0 Å². The van der Waals surface area contributed by atoms with Gasteiger partial charge in [0.05, 0.1) is 5.52 Å². The molecule has 5 rings (SSSR count). The van der Waals surface area contributed by atoms with Gasteiger partial charge in [0.2, 0.25) is 0 Å². The minimum atomic E-state index is -0.757. The molecule has 30 heavy (non-hydrogen) atoms. The molecule has 0 radical (unpaired) electrons. The van der Waals surface area contributed by atoms with E-state index in [1.807, 2.05) is 95.7 Å². The minimum Gasteiger partial charge on any atom is -0.225 e. The van der Waals surface area contributed by atoms with E-state index in [1.165, 1.54) is 0 Å². The molecule has 0 amide bonds. The Bertz CT molecular complexity index is 1250. The standard InChI is InChI=1S/C25H17Cl2N3/c26-21-14-10-19(11-15-21)25(18-6-2-1-3-7-18,20-12-16-22(27)17-13-20)30-24-9-5-4-8-23(24)28-29-30/h1-17H. The number of para-hydroxylation sites is 1. The summed E-state index contributed by atoms with van der Waals surface area (Å²) in [6, 6.07) is 34.1. The first kappa shape index (κ1) is 18.9. The van der Waals surface area contributed by atoms with Gasteiger partial charge in [0.1, 0.15) is 11.1 Å². The molecule has 0 atom stereocenters. The van der Waals surface area contributed by atoms with Gasteiger partial charge in [-0.25, -0.2) is 4.68 Å². The van der Waals surface area contributed by atoms with Gasteiger partial charge in [0, 0.05) is 10.0 Å². The van der Waals surface area contributed by atoms with E-state index >= 15 is 0 Å². The van der Waals surface area contributed by atoms with Gasteiger partial charge >= 0.3 is 0 Å². The van der Waals surface area contributed by atoms with Crippen LogP contribution in [0.4, 0.5) is 0 Å². The van der Waals surface area contributed by atoms with Gasteiger partial charge in [-0.05, 0) is 53.1 Å². The summed E-state index contributed by atoms with van der Waals surface area (Å²) in [6.45, 7) is 0. The number of aromatic nitrogens is 3. The number of rotatable bonds is 4. The highest BCUT2D eigenvalue weighted by Gasteiger charge is 2.40. The Kier molecular flexibility index (Phi) is 4.78. The number of halogens is 2. The molecule has 0 saturated heterocycles. The van der Waals surface area contributed by atoms with E-state index in [1.54, 1.807) is 0 Å². The smallest absolute Gasteiger partial charge is 0.140 e. The van der Waals surface area contributed by atoms with E-state index in [-0.39, 0.29) is 0 Å². The molecule has 0 bridgehead atoms. The Balaban J connectivity index is 1.95. The first-order valence-electron chi connectivity index (χ1n) is 9.58. The quantitative estimate of drug-likeness (QED) is 0.302. The maximum atomic E-state index is 6.24. The second kappa shape index (κ2) is 7.60. The Labute approximate surface area is 184 Å². The lowest BCUT2D eigenvalue weighted by Crippen LogP contribution is -2.38. The predicted molar refractivity (Wildman–Crippen MR) is 122 cm³/mol. The monoisotopic (exact) mass is 429 g/mol. The first-order chi connectivity index (χ1) is 14.7. The predicted octanol–water partition coefficient (Wildman–Crippen LogP) is 6.58. The first-order valence-corrected chi connectivity index (χ1v) is 10.3. The molecular formula is C25H17Cl2N3. The van der Waals surface area contributed by atoms with E-state index in [0.717, 1.165) is 27.7 Å². The fourth-order valence-corrected chi connectivity index (χ4v) is 4.30. The largest absolute Gasteiger partial charge is 0.225 e. The number of nitrogens with zero attached hydrogens (tertiary/aromatic N) is 3. The average molecular weight is 430 g/mol. The number of hydrogen-bond acceptors (Lipinski definition) is 2. The van der Waals surface area contributed by atoms with Crippen molar-refractivity contribution < 1.29 is 0 Å². The Morgan fingerprint density at radius 2 is 1.07 bits per heavy atom. The second-order valence-electron chi connectivity index (χ2n) is 7.08. The second-order valence-corrected chi connectivity index (χ2v) is 7.95. The minimum absolute atomic E-state index is 0.681. The highest BCUT2D eigenvalue weighted by atomic mass is 35.5. The third-order valence-electron chi connectivity index (χ3n) is 5.39. The third-order valence-corrected chi connectivity index (χ3v) is 5.89. The molecule has 4 aromatic carbocycles. The molecule has 0 saturated carbocycles. The van der Waals surface area contributed by atoms with Gasteiger partial charge in [0.15, 0.2) is 0 Å². The van der Waals surface area contributed by atoms with Crippen LogP contribution in [0.5, 0.6) is 0 Å². The number of benzene rings is 4. The zero-order chi connectivity index (χ0) is 20.6. The van der Waals surface area contributed by atoms with Crippen molar-refractivity contribution in [1.82, 2.24) is 15.0 Å². The van der Waals surface area contributed by atoms with Crippen molar-refractivity contribution in [3.63, 3.8) is 0 Å². The van der Waals surface area contributed by atoms with Gasteiger partial charge in [-0.3, -0.25) is 0 Å². The van der Waals surface area contributed by atoms with Crippen LogP contribution in [0.15, 0.2) is 103 Å². The van der Waals surface area contributed by atoms with E-state index in [9.17, 15) is 0 Å². The van der Waals surface area contributed by atoms with E-state index < -0.39 is 5.54 Å². The van der Waals surface area contributed by atoms with Crippen molar-refractivity contribution >= 4 is 34.2 Å². The van der Waals surface area contributed by atoms with Crippen LogP contribution < -0.4 is 0 Å². The number of fused-ring (bicyclic) bond motifs is 1. The topological polar surface area (TPSA) is 30.7 Å². The summed E-state index contributed by atoms with van der Waals surface area (Å²) < 4.78 is 1.99. The summed E-state index contributed by atoms with van der Waals surface area (Å²) in [5.41, 5.74) is 4.12. The lowest BCUT2D eigenvalue weighted by atomic mass is 9.77. The molecule has 1 aromatic heterocycles. The SMILES string of the molecule is Clc1ccc(C(c2ccccc2)(c2ccc(Cl)cc2)n2nnc3ccccc32)cc1. The van der Waals surface area contributed by atoms with Gasteiger partial charge in [-0.15, -0.1) is 5.10 Å². The van der Waals surface area contributed by atoms with Gasteiger partial charge in [0.25, 0.3) is 0 Å². The van der Waals surface area contributed by atoms with Crippen LogP contribution in [0.2, 0.25) is 10.0 Å². The molecule has 146 valence electrons. The molecule has 0 spiro atoms. The zero-order valence-corrected chi connectivity index (χ0v) is 17.4. The molecule has 0 fully saturated rings. The average Bonchev–Trinajstić information content (AvgIpc) is 3.22. The third kappa shape index (κ3) is 2.98. The Morgan fingerprint density at radius 1 is 0.567 bits per heavy atom. The van der Waals surface area contributed by atoms with Crippen LogP contribution in [-0.4, -0.2) is 15.0 Å². The van der Waals surface area contributed by atoms with Crippen molar-refractivity contribution in [2.24, 2.45) is 0 Å². The zero-order valence-electron chi connectivity index (χ0n) is 15.9. The fraction of sp³-hybridized carbons (Fsp3) is 0.0400. The maximum Gasteiger partial charge on any atom is 0.140 e. The van der Waals surface area contributed by atoms with Crippen LogP contribution in [-0.2, 0) is 5.54 Å². The Hall–Kier alpha value is -3.14. The highest BCUT2D eigenvalue weighted by Crippen LogP contribution is 2.42. The van der Waals surface area contributed by atoms with Gasteiger partial charge in [-0.1, -0.05) is 95.1 Å². The van der Waals surface area contributed by atoms with Crippen molar-refractivity contribution in [3.05, 3.63) is 130 Å². The maximum absolute atomic E-state index is 6.24. The molecule has 5 aromatic rings. The van der Waals surface area contributed by atoms with Crippen LogP contribution in [0, 0.1) is 0 Å². The number of hydrogen-bond donors (Lipinski definition) is 0. The summed E-state index contributed by atoms with van der Waals surface area (Å²) in [6.07, 6.45) is 0. The molecular weight excluding hydrogens is 413 g/mol. The van der Waals surface area contributed by atoms with Crippen LogP contribution in [0.25, 0.3) is 11.0 Å². The van der Waals surface area contributed by atoms with Gasteiger partial charge in [-0.2, -0.15) is 0 Å². The molecule has 5 heteroatoms. The summed E-state index contributed by atoms with van der Waals surface area (Å²) in [4.78, 5) is 0. The molecule has 0 unspecified atom stereocenters. The van der Waals surface area contributed by atoms with Crippen molar-refractivity contribution in [1.29, 1.82) is 0 Å². The van der Waals surface area contributed by atoms with Crippen molar-refractivity contribution in [2.75, 3.05) is 0 Å². The molecule has 3 nitrogen and oxygen atoms in total. The lowest BCUT2D eigenvalue weighted by molar-refractivity contribution is 0.461. The molecule has 0 N–H and O–H groups in total. The van der Waals surface area contributed by atoms with Crippen LogP contribution >= 0.6 is 23.2 Å². The fourth-order valence-electron chi connectivity index (χ4n) is 4.05. The van der Waals surface area contributed by atoms with Crippen molar-refractivity contribution in [3.8, 4) is 0 Å². The summed E-state index contributed by atoms with van der Waals surface area (Å²) in [5, 5.41) is 10.5. The normalized spacial score (nSPS) is 11.7. The molecule has 1 heterocycles.